The van der Waals surface area contributed by atoms with Crippen LogP contribution in [-0.4, -0.2) is 91.7 Å². The lowest BCUT2D eigenvalue weighted by atomic mass is 10.1. The van der Waals surface area contributed by atoms with Crippen molar-refractivity contribution in [3.8, 4) is 11.7 Å². The number of piperidine rings is 1. The summed E-state index contributed by atoms with van der Waals surface area (Å²) in [5.74, 6) is 0.467. The van der Waals surface area contributed by atoms with E-state index in [4.69, 9.17) is 9.47 Å². The molecule has 200 valence electrons. The van der Waals surface area contributed by atoms with Crippen LogP contribution in [0.5, 0.6) is 5.75 Å². The minimum Gasteiger partial charge on any atom is -0.494 e. The average molecular weight is 539 g/mol. The van der Waals surface area contributed by atoms with Crippen LogP contribution in [0.3, 0.4) is 0 Å². The number of sulfonamides is 1. The molecule has 0 saturated carbocycles. The monoisotopic (exact) mass is 538 g/mol. The topological polar surface area (TPSA) is 128 Å². The molecule has 1 N–H and O–H groups in total. The third kappa shape index (κ3) is 4.90. The summed E-state index contributed by atoms with van der Waals surface area (Å²) < 4.78 is 67.3. The van der Waals surface area contributed by atoms with E-state index >= 15 is 0 Å². The van der Waals surface area contributed by atoms with E-state index in [9.17, 15) is 17.2 Å². The van der Waals surface area contributed by atoms with Crippen molar-refractivity contribution in [1.29, 1.82) is 0 Å². The predicted octanol–water partition coefficient (Wildman–Crippen LogP) is 1.51. The highest BCUT2D eigenvalue weighted by atomic mass is 32.2. The smallest absolute Gasteiger partial charge is 0.296 e. The molecule has 3 aromatic rings. The molecule has 2 saturated heterocycles. The molecule has 15 heteroatoms. The average Bonchev–Trinajstić information content (AvgIpc) is 3.34. The molecule has 37 heavy (non-hydrogen) atoms. The molecule has 0 radical (unpaired) electrons. The van der Waals surface area contributed by atoms with Crippen LogP contribution >= 0.6 is 0 Å². The Morgan fingerprint density at radius 2 is 1.62 bits per heavy atom. The Morgan fingerprint density at radius 3 is 2.22 bits per heavy atom. The highest BCUT2D eigenvalue weighted by molar-refractivity contribution is 7.90. The summed E-state index contributed by atoms with van der Waals surface area (Å²) in [6.07, 6.45) is -2.14. The van der Waals surface area contributed by atoms with Crippen molar-refractivity contribution in [2.75, 3.05) is 63.4 Å². The van der Waals surface area contributed by atoms with Crippen molar-refractivity contribution in [1.82, 2.24) is 29.2 Å². The first-order valence-electron chi connectivity index (χ1n) is 11.9. The van der Waals surface area contributed by atoms with Crippen LogP contribution < -0.4 is 19.3 Å². The molecule has 4 heterocycles. The number of morpholine rings is 1. The first-order valence-corrected chi connectivity index (χ1v) is 13.5. The van der Waals surface area contributed by atoms with Crippen LogP contribution in [0.1, 0.15) is 25.1 Å². The second kappa shape index (κ2) is 10.3. The lowest BCUT2D eigenvalue weighted by Gasteiger charge is -2.32. The predicted molar refractivity (Wildman–Crippen MR) is 132 cm³/mol. The van der Waals surface area contributed by atoms with E-state index in [0.29, 0.717) is 69.4 Å². The third-order valence-corrected chi connectivity index (χ3v) is 8.55. The minimum absolute atomic E-state index is 0.00233. The van der Waals surface area contributed by atoms with Crippen molar-refractivity contribution in [2.45, 2.75) is 24.5 Å². The summed E-state index contributed by atoms with van der Waals surface area (Å²) in [6.45, 7) is 2.81. The molecule has 2 aromatic heterocycles. The van der Waals surface area contributed by atoms with Gasteiger partial charge in [-0.1, -0.05) is 6.07 Å². The standard InChI is InChI=1S/C22H28F2N8O4S/c1-25-37(33,34)14-6-8-30(9-7-14)20-27-21(31-10-12-36-13-11-31)29-22(28-20)32-15-4-3-5-16(35-2)17(15)26-19(32)18(23)24/h3-5,14,18,25H,6-13H2,1-2H3. The number of aromatic nitrogens is 5. The molecular formula is C22H28F2N8O4S. The number of methoxy groups -OCH3 is 1. The van der Waals surface area contributed by atoms with Gasteiger partial charge in [-0.25, -0.2) is 26.9 Å². The van der Waals surface area contributed by atoms with Crippen molar-refractivity contribution >= 4 is 33.0 Å². The molecule has 0 spiro atoms. The summed E-state index contributed by atoms with van der Waals surface area (Å²) in [6, 6.07) is 4.99. The van der Waals surface area contributed by atoms with Crippen molar-refractivity contribution < 1.29 is 26.7 Å². The van der Waals surface area contributed by atoms with Gasteiger partial charge in [-0.3, -0.25) is 4.57 Å². The summed E-state index contributed by atoms with van der Waals surface area (Å²) in [5, 5.41) is -0.524. The maximum Gasteiger partial charge on any atom is 0.296 e. The second-order valence-corrected chi connectivity index (χ2v) is 10.9. The van der Waals surface area contributed by atoms with Crippen molar-refractivity contribution in [2.24, 2.45) is 0 Å². The molecular weight excluding hydrogens is 510 g/mol. The lowest BCUT2D eigenvalue weighted by molar-refractivity contribution is 0.122. The number of ether oxygens (including phenoxy) is 2. The van der Waals surface area contributed by atoms with E-state index in [1.54, 1.807) is 18.2 Å². The SMILES string of the molecule is CNS(=O)(=O)C1CCN(c2nc(N3CCOCC3)nc(-n3c(C(F)F)nc4c(OC)cccc43)n2)CC1. The number of alkyl halides is 2. The molecule has 0 aliphatic carbocycles. The molecule has 1 aromatic carbocycles. The van der Waals surface area contributed by atoms with Crippen molar-refractivity contribution in [3.63, 3.8) is 0 Å². The van der Waals surface area contributed by atoms with Crippen LogP contribution in [0.15, 0.2) is 18.2 Å². The summed E-state index contributed by atoms with van der Waals surface area (Å²) in [7, 11) is -0.549. The first kappa shape index (κ1) is 25.5. The Balaban J connectivity index is 1.61. The van der Waals surface area contributed by atoms with Crippen LogP contribution in [-0.2, 0) is 14.8 Å². The fourth-order valence-electron chi connectivity index (χ4n) is 4.64. The number of hydrogen-bond donors (Lipinski definition) is 1. The largest absolute Gasteiger partial charge is 0.494 e. The van der Waals surface area contributed by atoms with Gasteiger partial charge in [0.2, 0.25) is 27.9 Å². The molecule has 5 rings (SSSR count). The van der Waals surface area contributed by atoms with Gasteiger partial charge in [-0.15, -0.1) is 0 Å². The van der Waals surface area contributed by atoms with Gasteiger partial charge < -0.3 is 19.3 Å². The molecule has 2 fully saturated rings. The number of nitrogens with zero attached hydrogens (tertiary/aromatic N) is 7. The third-order valence-electron chi connectivity index (χ3n) is 6.63. The Hall–Kier alpha value is -3.17. The van der Waals surface area contributed by atoms with E-state index in [-0.39, 0.29) is 17.4 Å². The van der Waals surface area contributed by atoms with Crippen LogP contribution in [0, 0.1) is 0 Å². The van der Waals surface area contributed by atoms with Gasteiger partial charge in [0.05, 0.1) is 31.1 Å². The van der Waals surface area contributed by atoms with Gasteiger partial charge in [-0.05, 0) is 32.0 Å². The van der Waals surface area contributed by atoms with E-state index < -0.39 is 27.5 Å². The summed E-state index contributed by atoms with van der Waals surface area (Å²) in [4.78, 5) is 21.7. The van der Waals surface area contributed by atoms with Gasteiger partial charge in [0, 0.05) is 26.2 Å². The first-order chi connectivity index (χ1) is 17.8. The van der Waals surface area contributed by atoms with Gasteiger partial charge >= 0.3 is 0 Å². The van der Waals surface area contributed by atoms with Crippen molar-refractivity contribution in [3.05, 3.63) is 24.0 Å². The highest BCUT2D eigenvalue weighted by Crippen LogP contribution is 2.32. The van der Waals surface area contributed by atoms with E-state index in [1.807, 2.05) is 9.80 Å². The Morgan fingerprint density at radius 1 is 1.00 bits per heavy atom. The lowest BCUT2D eigenvalue weighted by Crippen LogP contribution is -2.43. The number of anilines is 2. The maximum atomic E-state index is 14.2. The van der Waals surface area contributed by atoms with Gasteiger partial charge in [0.15, 0.2) is 5.82 Å². The molecule has 0 bridgehead atoms. The number of fused-ring (bicyclic) bond motifs is 1. The van der Waals surface area contributed by atoms with Gasteiger partial charge in [0.25, 0.3) is 6.43 Å². The van der Waals surface area contributed by atoms with Gasteiger partial charge in [0.1, 0.15) is 11.3 Å². The Bertz CT molecular complexity index is 1370. The fraction of sp³-hybridized carbons (Fsp3) is 0.545. The normalized spacial score (nSPS) is 17.6. The molecule has 2 aliphatic rings. The number of nitrogens with one attached hydrogen (secondary N) is 1. The molecule has 0 unspecified atom stereocenters. The van der Waals surface area contributed by atoms with Crippen LogP contribution in [0.2, 0.25) is 0 Å². The number of halogens is 2. The minimum atomic E-state index is -3.40. The second-order valence-electron chi connectivity index (χ2n) is 8.70. The maximum absolute atomic E-state index is 14.2. The van der Waals surface area contributed by atoms with E-state index in [2.05, 4.69) is 24.7 Å². The number of imidazole rings is 1. The number of benzene rings is 1. The summed E-state index contributed by atoms with van der Waals surface area (Å²) >= 11 is 0. The zero-order valence-corrected chi connectivity index (χ0v) is 21.3. The number of para-hydroxylation sites is 1. The Labute approximate surface area is 212 Å². The van der Waals surface area contributed by atoms with Crippen LogP contribution in [0.25, 0.3) is 17.0 Å². The fourth-order valence-corrected chi connectivity index (χ4v) is 5.80. The van der Waals surface area contributed by atoms with Crippen LogP contribution in [0.4, 0.5) is 20.7 Å². The number of rotatable bonds is 7. The molecule has 2 aliphatic heterocycles. The molecule has 12 nitrogen and oxygen atoms in total. The van der Waals surface area contributed by atoms with Gasteiger partial charge in [-0.2, -0.15) is 15.0 Å². The zero-order valence-electron chi connectivity index (χ0n) is 20.5. The highest BCUT2D eigenvalue weighted by Gasteiger charge is 2.31. The molecule has 0 atom stereocenters. The number of hydrogen-bond acceptors (Lipinski definition) is 10. The van der Waals surface area contributed by atoms with E-state index in [0.717, 1.165) is 0 Å². The van der Waals surface area contributed by atoms with E-state index in [1.165, 1.54) is 18.7 Å². The summed E-state index contributed by atoms with van der Waals surface area (Å²) in [5.41, 5.74) is 0.645. The molecule has 0 amide bonds. The quantitative estimate of drug-likeness (QED) is 0.473. The Kier molecular flexibility index (Phi) is 7.09. The zero-order chi connectivity index (χ0) is 26.2.